The normalized spacial score (nSPS) is 8.67. The molecule has 12 heavy (non-hydrogen) atoms. The van der Waals surface area contributed by atoms with E-state index in [9.17, 15) is 9.59 Å². The first-order valence-corrected chi connectivity index (χ1v) is 3.64. The Morgan fingerprint density at radius 3 is 2.42 bits per heavy atom. The molecule has 0 aromatic carbocycles. The number of hydrogen-bond donors (Lipinski definition) is 0. The van der Waals surface area contributed by atoms with E-state index in [-0.39, 0.29) is 13.0 Å². The van der Waals surface area contributed by atoms with Crippen LogP contribution < -0.4 is 0 Å². The number of ketones is 1. The molecule has 0 aliphatic heterocycles. The fourth-order valence-electron chi connectivity index (χ4n) is 0.550. The minimum absolute atomic E-state index is 0.0820. The molecule has 66 valence electrons. The van der Waals surface area contributed by atoms with Gasteiger partial charge in [0.1, 0.15) is 6.61 Å². The van der Waals surface area contributed by atoms with E-state index in [1.807, 2.05) is 0 Å². The molecule has 0 spiro atoms. The smallest absolute Gasteiger partial charge is 0.374 e. The predicted octanol–water partition coefficient (Wildman–Crippen LogP) is 1.25. The van der Waals surface area contributed by atoms with Crippen molar-refractivity contribution in [3.63, 3.8) is 0 Å². The van der Waals surface area contributed by atoms with Crippen molar-refractivity contribution in [1.29, 1.82) is 0 Å². The number of esters is 1. The SMILES string of the molecule is C=CCCC(=O)C(=O)OCC=C. The Morgan fingerprint density at radius 1 is 1.25 bits per heavy atom. The van der Waals surface area contributed by atoms with E-state index in [1.165, 1.54) is 6.08 Å². The molecule has 0 radical (unpaired) electrons. The van der Waals surface area contributed by atoms with Crippen molar-refractivity contribution in [2.45, 2.75) is 12.8 Å². The first-order chi connectivity index (χ1) is 5.72. The van der Waals surface area contributed by atoms with Crippen LogP contribution in [0.2, 0.25) is 0 Å². The average molecular weight is 168 g/mol. The second-order valence-corrected chi connectivity index (χ2v) is 2.14. The van der Waals surface area contributed by atoms with Crippen LogP contribution >= 0.6 is 0 Å². The molecule has 0 atom stereocenters. The summed E-state index contributed by atoms with van der Waals surface area (Å²) in [5.41, 5.74) is 0. The zero-order valence-electron chi connectivity index (χ0n) is 6.91. The standard InChI is InChI=1S/C9H12O3/c1-3-5-6-8(10)9(11)12-7-4-2/h3-4H,1-2,5-7H2. The Bertz CT molecular complexity index is 172. The van der Waals surface area contributed by atoms with Crippen molar-refractivity contribution < 1.29 is 14.3 Å². The summed E-state index contributed by atoms with van der Waals surface area (Å²) < 4.78 is 4.51. The summed E-state index contributed by atoms with van der Waals surface area (Å²) in [5, 5.41) is 0. The highest BCUT2D eigenvalue weighted by Crippen LogP contribution is 1.93. The van der Waals surface area contributed by atoms with E-state index >= 15 is 0 Å². The van der Waals surface area contributed by atoms with Crippen LogP contribution in [0.1, 0.15) is 12.8 Å². The molecule has 0 aliphatic carbocycles. The highest BCUT2D eigenvalue weighted by atomic mass is 16.5. The van der Waals surface area contributed by atoms with Crippen LogP contribution in [0.25, 0.3) is 0 Å². The summed E-state index contributed by atoms with van der Waals surface area (Å²) in [6.45, 7) is 6.87. The van der Waals surface area contributed by atoms with Gasteiger partial charge in [0.2, 0.25) is 5.78 Å². The highest BCUT2D eigenvalue weighted by molar-refractivity contribution is 6.33. The monoisotopic (exact) mass is 168 g/mol. The molecule has 0 fully saturated rings. The molecule has 0 bridgehead atoms. The Balaban J connectivity index is 3.68. The van der Waals surface area contributed by atoms with Crippen LogP contribution in [0.3, 0.4) is 0 Å². The molecular weight excluding hydrogens is 156 g/mol. The Morgan fingerprint density at radius 2 is 1.92 bits per heavy atom. The van der Waals surface area contributed by atoms with Gasteiger partial charge in [-0.1, -0.05) is 18.7 Å². The van der Waals surface area contributed by atoms with Gasteiger partial charge in [0.15, 0.2) is 0 Å². The lowest BCUT2D eigenvalue weighted by molar-refractivity contribution is -0.152. The third kappa shape index (κ3) is 4.44. The molecule has 0 unspecified atom stereocenters. The number of rotatable bonds is 6. The molecule has 0 heterocycles. The largest absolute Gasteiger partial charge is 0.456 e. The maximum Gasteiger partial charge on any atom is 0.374 e. The van der Waals surface area contributed by atoms with Crippen LogP contribution in [-0.2, 0) is 14.3 Å². The van der Waals surface area contributed by atoms with Crippen LogP contribution in [0.4, 0.5) is 0 Å². The third-order valence-electron chi connectivity index (χ3n) is 1.14. The summed E-state index contributed by atoms with van der Waals surface area (Å²) in [4.78, 5) is 21.6. The quantitative estimate of drug-likeness (QED) is 0.340. The lowest BCUT2D eigenvalue weighted by Crippen LogP contribution is -2.16. The second kappa shape index (κ2) is 6.34. The van der Waals surface area contributed by atoms with Gasteiger partial charge in [-0.15, -0.1) is 6.58 Å². The summed E-state index contributed by atoms with van der Waals surface area (Å²) in [5.74, 6) is -1.31. The first-order valence-electron chi connectivity index (χ1n) is 3.64. The topological polar surface area (TPSA) is 43.4 Å². The molecule has 0 aromatic heterocycles. The minimum Gasteiger partial charge on any atom is -0.456 e. The third-order valence-corrected chi connectivity index (χ3v) is 1.14. The Kier molecular flexibility index (Phi) is 5.61. The van der Waals surface area contributed by atoms with Crippen molar-refractivity contribution in [2.75, 3.05) is 6.61 Å². The lowest BCUT2D eigenvalue weighted by atomic mass is 10.2. The molecule has 0 saturated carbocycles. The van der Waals surface area contributed by atoms with Crippen molar-refractivity contribution >= 4 is 11.8 Å². The molecule has 0 saturated heterocycles. The predicted molar refractivity (Wildman–Crippen MR) is 45.6 cm³/mol. The number of carbonyl (C=O) groups excluding carboxylic acids is 2. The van der Waals surface area contributed by atoms with Gasteiger partial charge in [0.05, 0.1) is 0 Å². The summed E-state index contributed by atoms with van der Waals surface area (Å²) >= 11 is 0. The van der Waals surface area contributed by atoms with Gasteiger partial charge < -0.3 is 4.74 Å². The zero-order valence-corrected chi connectivity index (χ0v) is 6.91. The van der Waals surface area contributed by atoms with Crippen LogP contribution in [0, 0.1) is 0 Å². The molecule has 0 aromatic rings. The average Bonchev–Trinajstić information content (AvgIpc) is 2.10. The van der Waals surface area contributed by atoms with E-state index in [0.29, 0.717) is 6.42 Å². The van der Waals surface area contributed by atoms with Gasteiger partial charge in [0, 0.05) is 6.42 Å². The van der Waals surface area contributed by atoms with E-state index in [2.05, 4.69) is 17.9 Å². The van der Waals surface area contributed by atoms with E-state index < -0.39 is 11.8 Å². The van der Waals surface area contributed by atoms with Crippen LogP contribution in [0.5, 0.6) is 0 Å². The van der Waals surface area contributed by atoms with Gasteiger partial charge in [-0.25, -0.2) is 4.79 Å². The van der Waals surface area contributed by atoms with Gasteiger partial charge in [-0.2, -0.15) is 0 Å². The van der Waals surface area contributed by atoms with Crippen molar-refractivity contribution in [3.8, 4) is 0 Å². The maximum absolute atomic E-state index is 10.9. The van der Waals surface area contributed by atoms with E-state index in [0.717, 1.165) is 0 Å². The number of carbonyl (C=O) groups is 2. The van der Waals surface area contributed by atoms with Gasteiger partial charge in [-0.05, 0) is 6.42 Å². The number of hydrogen-bond acceptors (Lipinski definition) is 3. The molecule has 0 rings (SSSR count). The fourth-order valence-corrected chi connectivity index (χ4v) is 0.550. The van der Waals surface area contributed by atoms with E-state index in [1.54, 1.807) is 6.08 Å². The lowest BCUT2D eigenvalue weighted by Gasteiger charge is -1.98. The Hall–Kier alpha value is -1.38. The molecule has 0 amide bonds. The fraction of sp³-hybridized carbons (Fsp3) is 0.333. The van der Waals surface area contributed by atoms with Crippen LogP contribution in [-0.4, -0.2) is 18.4 Å². The van der Waals surface area contributed by atoms with Crippen molar-refractivity contribution in [3.05, 3.63) is 25.3 Å². The zero-order chi connectivity index (χ0) is 9.40. The molecule has 0 aliphatic rings. The number of allylic oxidation sites excluding steroid dienone is 1. The molecule has 3 heteroatoms. The molecular formula is C9H12O3. The molecule has 0 N–H and O–H groups in total. The minimum atomic E-state index is -0.795. The van der Waals surface area contributed by atoms with Gasteiger partial charge in [-0.3, -0.25) is 4.79 Å². The summed E-state index contributed by atoms with van der Waals surface area (Å²) in [6.07, 6.45) is 3.67. The number of ether oxygens (including phenoxy) is 1. The maximum atomic E-state index is 10.9. The Labute approximate surface area is 71.7 Å². The van der Waals surface area contributed by atoms with Gasteiger partial charge >= 0.3 is 5.97 Å². The van der Waals surface area contributed by atoms with Crippen LogP contribution in [0.15, 0.2) is 25.3 Å². The van der Waals surface area contributed by atoms with E-state index in [4.69, 9.17) is 0 Å². The van der Waals surface area contributed by atoms with Crippen molar-refractivity contribution in [1.82, 2.24) is 0 Å². The van der Waals surface area contributed by atoms with Crippen molar-refractivity contribution in [2.24, 2.45) is 0 Å². The van der Waals surface area contributed by atoms with Gasteiger partial charge in [0.25, 0.3) is 0 Å². The first kappa shape index (κ1) is 10.6. The second-order valence-electron chi connectivity index (χ2n) is 2.14. The molecule has 3 nitrogen and oxygen atoms in total. The number of Topliss-reactive ketones (excluding diaryl/α,β-unsaturated/α-hetero) is 1. The summed E-state index contributed by atoms with van der Waals surface area (Å²) in [6, 6.07) is 0. The highest BCUT2D eigenvalue weighted by Gasteiger charge is 2.12. The summed E-state index contributed by atoms with van der Waals surface area (Å²) in [7, 11) is 0.